The zero-order valence-electron chi connectivity index (χ0n) is 18.3. The Labute approximate surface area is 196 Å². The van der Waals surface area contributed by atoms with Crippen LogP contribution < -0.4 is 5.32 Å². The number of thioether (sulfide) groups is 1. The van der Waals surface area contributed by atoms with E-state index in [-0.39, 0.29) is 24.3 Å². The van der Waals surface area contributed by atoms with Gasteiger partial charge in [-0.3, -0.25) is 9.69 Å². The van der Waals surface area contributed by atoms with E-state index in [0.29, 0.717) is 24.4 Å². The van der Waals surface area contributed by atoms with Crippen molar-refractivity contribution in [2.24, 2.45) is 4.99 Å². The number of carbonyl (C=O) groups is 2. The first-order valence-corrected chi connectivity index (χ1v) is 12.6. The number of morpholine rings is 1. The number of allylic oxidation sites excluding steroid dienone is 1. The normalized spacial score (nSPS) is 21.2. The molecule has 0 spiro atoms. The fourth-order valence-electron chi connectivity index (χ4n) is 3.99. The molecule has 8 nitrogen and oxygen atoms in total. The fourth-order valence-corrected chi connectivity index (χ4v) is 5.63. The van der Waals surface area contributed by atoms with Gasteiger partial charge >= 0.3 is 5.97 Å². The highest BCUT2D eigenvalue weighted by molar-refractivity contribution is 8.16. The van der Waals surface area contributed by atoms with Gasteiger partial charge in [-0.25, -0.2) is 9.79 Å². The van der Waals surface area contributed by atoms with Gasteiger partial charge in [-0.2, -0.15) is 11.3 Å². The van der Waals surface area contributed by atoms with E-state index in [0.717, 1.165) is 49.3 Å². The van der Waals surface area contributed by atoms with Crippen molar-refractivity contribution in [2.45, 2.75) is 26.3 Å². The molecule has 3 aliphatic rings. The van der Waals surface area contributed by atoms with Gasteiger partial charge in [0.15, 0.2) is 5.17 Å². The van der Waals surface area contributed by atoms with Crippen molar-refractivity contribution in [1.29, 1.82) is 0 Å². The number of nitrogens with one attached hydrogen (secondary N) is 1. The number of fused-ring (bicyclic) bond motifs is 1. The molecule has 1 aromatic heterocycles. The van der Waals surface area contributed by atoms with E-state index in [1.54, 1.807) is 18.3 Å². The first-order chi connectivity index (χ1) is 15.6. The van der Waals surface area contributed by atoms with E-state index < -0.39 is 0 Å². The number of ether oxygens (including phenoxy) is 2. The van der Waals surface area contributed by atoms with E-state index in [1.165, 1.54) is 11.8 Å². The Hall–Kier alpha value is -2.14. The summed E-state index contributed by atoms with van der Waals surface area (Å²) in [6.07, 6.45) is 0.227. The molecule has 1 fully saturated rings. The summed E-state index contributed by atoms with van der Waals surface area (Å²) in [7, 11) is 0. The molecule has 0 radical (unpaired) electrons. The minimum atomic E-state index is -0.366. The monoisotopic (exact) mass is 476 g/mol. The molecule has 0 saturated carbocycles. The maximum Gasteiger partial charge on any atom is 0.338 e. The number of esters is 1. The maximum atomic E-state index is 12.8. The zero-order valence-corrected chi connectivity index (χ0v) is 20.0. The standard InChI is InChI=1S/C22H28N4O4S2/c1-3-30-21(28)19-15(2)24-22-26(20(19)16-4-11-31-13-16)17(14-32-22)12-18(27)23-5-6-25-7-9-29-10-8-25/h4,11,13-14,20H,3,5-10,12H2,1-2H3,(H,23,27). The number of hydrogen-bond donors (Lipinski definition) is 1. The van der Waals surface area contributed by atoms with Gasteiger partial charge in [0.2, 0.25) is 5.91 Å². The Morgan fingerprint density at radius 1 is 1.34 bits per heavy atom. The Balaban J connectivity index is 1.46. The Morgan fingerprint density at radius 3 is 2.88 bits per heavy atom. The van der Waals surface area contributed by atoms with Crippen LogP contribution in [0.3, 0.4) is 0 Å². The van der Waals surface area contributed by atoms with Gasteiger partial charge in [-0.05, 0) is 41.6 Å². The van der Waals surface area contributed by atoms with Crippen LogP contribution in [-0.4, -0.2) is 72.8 Å². The lowest BCUT2D eigenvalue weighted by Crippen LogP contribution is -2.42. The summed E-state index contributed by atoms with van der Waals surface area (Å²) in [5, 5.41) is 9.79. The second-order valence-corrected chi connectivity index (χ2v) is 9.27. The second-order valence-electron chi connectivity index (χ2n) is 7.65. The topological polar surface area (TPSA) is 83.5 Å². The summed E-state index contributed by atoms with van der Waals surface area (Å²) in [5.41, 5.74) is 3.01. The highest BCUT2D eigenvalue weighted by Gasteiger charge is 2.41. The number of hydrogen-bond acceptors (Lipinski definition) is 9. The quantitative estimate of drug-likeness (QED) is 0.578. The smallest absolute Gasteiger partial charge is 0.338 e. The molecule has 10 heteroatoms. The van der Waals surface area contributed by atoms with Crippen molar-refractivity contribution in [3.8, 4) is 0 Å². The SMILES string of the molecule is CCOC(=O)C1=C(C)N=C2SC=C(CC(=O)NCCN3CCOCC3)N2C1c1ccsc1. The van der Waals surface area contributed by atoms with Gasteiger partial charge in [0.1, 0.15) is 0 Å². The molecule has 4 rings (SSSR count). The lowest BCUT2D eigenvalue weighted by molar-refractivity contribution is -0.139. The average Bonchev–Trinajstić information content (AvgIpc) is 3.44. The van der Waals surface area contributed by atoms with E-state index in [4.69, 9.17) is 9.47 Å². The molecule has 3 aliphatic heterocycles. The first kappa shape index (κ1) is 23.0. The average molecular weight is 477 g/mol. The molecule has 0 bridgehead atoms. The van der Waals surface area contributed by atoms with E-state index in [1.807, 2.05) is 34.1 Å². The predicted octanol–water partition coefficient (Wildman–Crippen LogP) is 2.72. The lowest BCUT2D eigenvalue weighted by Gasteiger charge is -2.35. The molecule has 0 aromatic carbocycles. The number of aliphatic imine (C=N–C) groups is 1. The number of carbonyl (C=O) groups excluding carboxylic acids is 2. The van der Waals surface area contributed by atoms with Gasteiger partial charge in [0, 0.05) is 31.9 Å². The fraction of sp³-hybridized carbons (Fsp3) is 0.500. The van der Waals surface area contributed by atoms with Crippen LogP contribution in [0.4, 0.5) is 0 Å². The summed E-state index contributed by atoms with van der Waals surface area (Å²) >= 11 is 3.06. The van der Waals surface area contributed by atoms with Gasteiger partial charge in [-0.1, -0.05) is 11.8 Å². The first-order valence-electron chi connectivity index (χ1n) is 10.8. The van der Waals surface area contributed by atoms with Crippen molar-refractivity contribution in [1.82, 2.24) is 15.1 Å². The molecule has 1 aromatic rings. The summed E-state index contributed by atoms with van der Waals surface area (Å²) in [4.78, 5) is 34.5. The van der Waals surface area contributed by atoms with Crippen LogP contribution in [0, 0.1) is 0 Å². The number of nitrogens with zero attached hydrogens (tertiary/aromatic N) is 3. The van der Waals surface area contributed by atoms with Crippen LogP contribution in [0.2, 0.25) is 0 Å². The Morgan fingerprint density at radius 2 is 2.16 bits per heavy atom. The number of thiophene rings is 1. The lowest BCUT2D eigenvalue weighted by atomic mass is 9.96. The molecular weight excluding hydrogens is 448 g/mol. The van der Waals surface area contributed by atoms with Crippen molar-refractivity contribution in [3.63, 3.8) is 0 Å². The van der Waals surface area contributed by atoms with Gasteiger partial charge < -0.3 is 19.7 Å². The summed E-state index contributed by atoms with van der Waals surface area (Å²) < 4.78 is 10.7. The summed E-state index contributed by atoms with van der Waals surface area (Å²) in [6.45, 7) is 8.63. The van der Waals surface area contributed by atoms with Crippen molar-refractivity contribution in [3.05, 3.63) is 44.8 Å². The molecule has 0 aliphatic carbocycles. The number of amides is 1. The maximum absolute atomic E-state index is 12.8. The molecule has 32 heavy (non-hydrogen) atoms. The minimum Gasteiger partial charge on any atom is -0.463 e. The third kappa shape index (κ3) is 5.09. The van der Waals surface area contributed by atoms with Crippen LogP contribution in [0.5, 0.6) is 0 Å². The Kier molecular flexibility index (Phi) is 7.67. The number of rotatable bonds is 8. The highest BCUT2D eigenvalue weighted by atomic mass is 32.2. The zero-order chi connectivity index (χ0) is 22.5. The highest BCUT2D eigenvalue weighted by Crippen LogP contribution is 2.45. The van der Waals surface area contributed by atoms with E-state index in [2.05, 4.69) is 15.2 Å². The van der Waals surface area contributed by atoms with Crippen molar-refractivity contribution in [2.75, 3.05) is 46.0 Å². The molecule has 172 valence electrons. The second kappa shape index (κ2) is 10.7. The molecule has 1 saturated heterocycles. The van der Waals surface area contributed by atoms with E-state index >= 15 is 0 Å². The van der Waals surface area contributed by atoms with Crippen molar-refractivity contribution >= 4 is 40.1 Å². The molecular formula is C22H28N4O4S2. The molecule has 1 unspecified atom stereocenters. The largest absolute Gasteiger partial charge is 0.463 e. The van der Waals surface area contributed by atoms with E-state index in [9.17, 15) is 9.59 Å². The van der Waals surface area contributed by atoms with Crippen LogP contribution >= 0.6 is 23.1 Å². The van der Waals surface area contributed by atoms with Crippen LogP contribution in [0.25, 0.3) is 0 Å². The predicted molar refractivity (Wildman–Crippen MR) is 126 cm³/mol. The molecule has 1 N–H and O–H groups in total. The third-order valence-corrected chi connectivity index (χ3v) is 7.14. The summed E-state index contributed by atoms with van der Waals surface area (Å²) in [6, 6.07) is 1.66. The molecule has 1 amide bonds. The number of amidine groups is 1. The van der Waals surface area contributed by atoms with Crippen LogP contribution in [-0.2, 0) is 19.1 Å². The van der Waals surface area contributed by atoms with Crippen LogP contribution in [0.15, 0.2) is 44.2 Å². The molecule has 4 heterocycles. The summed E-state index contributed by atoms with van der Waals surface area (Å²) in [5.74, 6) is -0.408. The van der Waals surface area contributed by atoms with Crippen LogP contribution in [0.1, 0.15) is 31.9 Å². The van der Waals surface area contributed by atoms with Crippen molar-refractivity contribution < 1.29 is 19.1 Å². The minimum absolute atomic E-state index is 0.0422. The Bertz CT molecular complexity index is 936. The van der Waals surface area contributed by atoms with Gasteiger partial charge in [-0.15, -0.1) is 0 Å². The third-order valence-electron chi connectivity index (χ3n) is 5.55. The van der Waals surface area contributed by atoms with Gasteiger partial charge in [0.05, 0.1) is 43.6 Å². The molecule has 1 atom stereocenters. The van der Waals surface area contributed by atoms with Gasteiger partial charge in [0.25, 0.3) is 0 Å².